The van der Waals surface area contributed by atoms with Crippen molar-refractivity contribution in [2.75, 3.05) is 40.3 Å². The second-order valence-electron chi connectivity index (χ2n) is 7.95. The van der Waals surface area contributed by atoms with Gasteiger partial charge in [-0.1, -0.05) is 0 Å². The molecule has 0 unspecified atom stereocenters. The van der Waals surface area contributed by atoms with Crippen molar-refractivity contribution >= 4 is 17.8 Å². The third kappa shape index (κ3) is 3.49. The first-order valence-corrected chi connectivity index (χ1v) is 9.73. The fraction of sp³-hybridized carbons (Fsp3) is 0.450. The SMILES string of the molecule is CN(C)C(=O)[C@@]12CN(C(=O)NCc3ccco3)C[C@@H]1CN(C(=O)c1cnccn1)C2. The van der Waals surface area contributed by atoms with Crippen LogP contribution in [-0.4, -0.2) is 82.8 Å². The first-order valence-electron chi connectivity index (χ1n) is 9.73. The zero-order valence-corrected chi connectivity index (χ0v) is 16.9. The molecule has 0 bridgehead atoms. The number of furan rings is 1. The Hall–Kier alpha value is -3.43. The van der Waals surface area contributed by atoms with E-state index >= 15 is 0 Å². The molecule has 4 amide bonds. The Labute approximate surface area is 173 Å². The molecule has 2 saturated heterocycles. The second kappa shape index (κ2) is 7.77. The molecule has 30 heavy (non-hydrogen) atoms. The number of carbonyl (C=O) groups is 3. The number of nitrogens with one attached hydrogen (secondary N) is 1. The summed E-state index contributed by atoms with van der Waals surface area (Å²) in [6.07, 6.45) is 5.95. The number of likely N-dealkylation sites (tertiary alicyclic amines) is 2. The lowest BCUT2D eigenvalue weighted by Crippen LogP contribution is -2.49. The van der Waals surface area contributed by atoms with Gasteiger partial charge < -0.3 is 24.4 Å². The fourth-order valence-corrected chi connectivity index (χ4v) is 4.38. The number of aromatic nitrogens is 2. The molecule has 158 valence electrons. The van der Waals surface area contributed by atoms with Crippen molar-refractivity contribution in [3.8, 4) is 0 Å². The van der Waals surface area contributed by atoms with Crippen molar-refractivity contribution in [2.45, 2.75) is 6.54 Å². The first-order chi connectivity index (χ1) is 14.4. The second-order valence-corrected chi connectivity index (χ2v) is 7.95. The highest BCUT2D eigenvalue weighted by Gasteiger charge is 2.59. The molecule has 2 aromatic heterocycles. The van der Waals surface area contributed by atoms with Crippen molar-refractivity contribution in [1.82, 2.24) is 30.0 Å². The van der Waals surface area contributed by atoms with Gasteiger partial charge in [-0.2, -0.15) is 0 Å². The Morgan fingerprint density at radius 2 is 2.00 bits per heavy atom. The monoisotopic (exact) mass is 412 g/mol. The minimum Gasteiger partial charge on any atom is -0.467 e. The molecule has 10 heteroatoms. The number of fused-ring (bicyclic) bond motifs is 1. The van der Waals surface area contributed by atoms with Crippen LogP contribution in [0.4, 0.5) is 4.79 Å². The summed E-state index contributed by atoms with van der Waals surface area (Å²) in [7, 11) is 3.39. The van der Waals surface area contributed by atoms with E-state index in [0.717, 1.165) is 0 Å². The van der Waals surface area contributed by atoms with Crippen LogP contribution in [0.2, 0.25) is 0 Å². The summed E-state index contributed by atoms with van der Waals surface area (Å²) in [5, 5.41) is 2.83. The van der Waals surface area contributed by atoms with Gasteiger partial charge in [-0.15, -0.1) is 0 Å². The minimum atomic E-state index is -0.830. The molecule has 2 aliphatic rings. The molecule has 2 aliphatic heterocycles. The van der Waals surface area contributed by atoms with E-state index in [9.17, 15) is 14.4 Å². The maximum absolute atomic E-state index is 13.2. The van der Waals surface area contributed by atoms with Gasteiger partial charge in [0.05, 0.1) is 24.4 Å². The van der Waals surface area contributed by atoms with Crippen LogP contribution in [0.25, 0.3) is 0 Å². The van der Waals surface area contributed by atoms with Crippen molar-refractivity contribution in [3.63, 3.8) is 0 Å². The van der Waals surface area contributed by atoms with E-state index < -0.39 is 5.41 Å². The molecular weight excluding hydrogens is 388 g/mol. The molecule has 2 atom stereocenters. The summed E-state index contributed by atoms with van der Waals surface area (Å²) in [4.78, 5) is 51.6. The van der Waals surface area contributed by atoms with Gasteiger partial charge in [-0.3, -0.25) is 14.6 Å². The highest BCUT2D eigenvalue weighted by molar-refractivity contribution is 5.94. The van der Waals surface area contributed by atoms with Gasteiger partial charge in [-0.05, 0) is 12.1 Å². The van der Waals surface area contributed by atoms with Gasteiger partial charge in [0.2, 0.25) is 5.91 Å². The highest BCUT2D eigenvalue weighted by atomic mass is 16.3. The predicted octanol–water partition coefficient (Wildman–Crippen LogP) is 0.442. The Bertz CT molecular complexity index is 932. The van der Waals surface area contributed by atoms with Crippen molar-refractivity contribution in [2.24, 2.45) is 11.3 Å². The molecule has 2 aromatic rings. The standard InChI is InChI=1S/C20H24N6O4/c1-24(2)18(28)20-12-25(17(27)16-9-21-5-6-22-16)10-14(20)11-26(13-20)19(29)23-8-15-4-3-7-30-15/h3-7,9,14H,8,10-13H2,1-2H3,(H,23,29)/t14-,20-/m0/s1. The van der Waals surface area contributed by atoms with Crippen LogP contribution in [0.5, 0.6) is 0 Å². The summed E-state index contributed by atoms with van der Waals surface area (Å²) >= 11 is 0. The number of nitrogens with zero attached hydrogens (tertiary/aromatic N) is 5. The normalized spacial score (nSPS) is 22.7. The zero-order valence-electron chi connectivity index (χ0n) is 16.9. The summed E-state index contributed by atoms with van der Waals surface area (Å²) in [5.41, 5.74) is -0.582. The average Bonchev–Trinajstić information content (AvgIpc) is 3.46. The van der Waals surface area contributed by atoms with Crippen LogP contribution in [0.1, 0.15) is 16.2 Å². The van der Waals surface area contributed by atoms with Gasteiger partial charge in [0.1, 0.15) is 11.5 Å². The maximum Gasteiger partial charge on any atom is 0.317 e. The van der Waals surface area contributed by atoms with E-state index in [-0.39, 0.29) is 49.1 Å². The van der Waals surface area contributed by atoms with E-state index in [1.54, 1.807) is 42.3 Å². The molecule has 0 aliphatic carbocycles. The number of amides is 4. The first kappa shape index (κ1) is 19.9. The third-order valence-electron chi connectivity index (χ3n) is 5.79. The lowest BCUT2D eigenvalue weighted by molar-refractivity contribution is -0.139. The molecule has 0 radical (unpaired) electrons. The van der Waals surface area contributed by atoms with E-state index in [4.69, 9.17) is 4.42 Å². The smallest absolute Gasteiger partial charge is 0.317 e. The van der Waals surface area contributed by atoms with E-state index in [0.29, 0.717) is 18.8 Å². The summed E-state index contributed by atoms with van der Waals surface area (Å²) in [6.45, 7) is 1.55. The van der Waals surface area contributed by atoms with Crippen LogP contribution in [0.15, 0.2) is 41.4 Å². The molecule has 4 rings (SSSR count). The largest absolute Gasteiger partial charge is 0.467 e. The summed E-state index contributed by atoms with van der Waals surface area (Å²) in [6, 6.07) is 3.29. The average molecular weight is 412 g/mol. The Kier molecular flexibility index (Phi) is 5.15. The van der Waals surface area contributed by atoms with Crippen molar-refractivity contribution in [3.05, 3.63) is 48.4 Å². The van der Waals surface area contributed by atoms with Crippen LogP contribution < -0.4 is 5.32 Å². The van der Waals surface area contributed by atoms with Crippen LogP contribution in [0.3, 0.4) is 0 Å². The number of urea groups is 1. The quantitative estimate of drug-likeness (QED) is 0.780. The maximum atomic E-state index is 13.2. The molecule has 0 spiro atoms. The van der Waals surface area contributed by atoms with E-state index in [1.165, 1.54) is 23.5 Å². The number of hydrogen-bond acceptors (Lipinski definition) is 6. The van der Waals surface area contributed by atoms with Crippen molar-refractivity contribution in [1.29, 1.82) is 0 Å². The van der Waals surface area contributed by atoms with Gasteiger partial charge in [0.25, 0.3) is 5.91 Å². The van der Waals surface area contributed by atoms with Gasteiger partial charge >= 0.3 is 6.03 Å². The van der Waals surface area contributed by atoms with Crippen LogP contribution >= 0.6 is 0 Å². The summed E-state index contributed by atoms with van der Waals surface area (Å²) < 4.78 is 5.24. The lowest BCUT2D eigenvalue weighted by Gasteiger charge is -2.30. The number of hydrogen-bond donors (Lipinski definition) is 1. The topological polar surface area (TPSA) is 112 Å². The van der Waals surface area contributed by atoms with E-state index in [1.807, 2.05) is 0 Å². The van der Waals surface area contributed by atoms with Crippen LogP contribution in [0, 0.1) is 11.3 Å². The van der Waals surface area contributed by atoms with Gasteiger partial charge in [0.15, 0.2) is 0 Å². The predicted molar refractivity (Wildman–Crippen MR) is 105 cm³/mol. The van der Waals surface area contributed by atoms with Crippen LogP contribution in [-0.2, 0) is 11.3 Å². The van der Waals surface area contributed by atoms with Gasteiger partial charge in [0, 0.05) is 58.6 Å². The number of rotatable bonds is 4. The Morgan fingerprint density at radius 3 is 2.67 bits per heavy atom. The molecule has 2 fully saturated rings. The third-order valence-corrected chi connectivity index (χ3v) is 5.79. The zero-order chi connectivity index (χ0) is 21.3. The molecule has 4 heterocycles. The highest BCUT2D eigenvalue weighted by Crippen LogP contribution is 2.44. The molecule has 0 saturated carbocycles. The minimum absolute atomic E-state index is 0.0803. The molecule has 10 nitrogen and oxygen atoms in total. The Balaban J connectivity index is 1.49. The lowest BCUT2D eigenvalue weighted by atomic mass is 9.80. The van der Waals surface area contributed by atoms with Gasteiger partial charge in [-0.25, -0.2) is 9.78 Å². The number of carbonyl (C=O) groups excluding carboxylic acids is 3. The molecule has 1 N–H and O–H groups in total. The fourth-order valence-electron chi connectivity index (χ4n) is 4.38. The Morgan fingerprint density at radius 1 is 1.23 bits per heavy atom. The summed E-state index contributed by atoms with van der Waals surface area (Å²) in [5.74, 6) is 0.172. The molecular formula is C20H24N6O4. The molecule has 0 aromatic carbocycles. The van der Waals surface area contributed by atoms with Crippen molar-refractivity contribution < 1.29 is 18.8 Å². The van der Waals surface area contributed by atoms with E-state index in [2.05, 4.69) is 15.3 Å².